The van der Waals surface area contributed by atoms with E-state index >= 15 is 0 Å². The normalized spacial score (nSPS) is 10.4. The summed E-state index contributed by atoms with van der Waals surface area (Å²) in [6.45, 7) is 0. The van der Waals surface area contributed by atoms with Crippen LogP contribution in [0.3, 0.4) is 0 Å². The Bertz CT molecular complexity index is 468. The second kappa shape index (κ2) is 3.59. The van der Waals surface area contributed by atoms with Crippen molar-refractivity contribution in [1.82, 2.24) is 15.2 Å². The quantitative estimate of drug-likeness (QED) is 0.839. The van der Waals surface area contributed by atoms with Crippen LogP contribution in [0.15, 0.2) is 22.7 Å². The van der Waals surface area contributed by atoms with Crippen molar-refractivity contribution in [3.63, 3.8) is 0 Å². The fraction of sp³-hybridized carbons (Fsp3) is 0. The average Bonchev–Trinajstić information content (AvgIpc) is 2.57. The van der Waals surface area contributed by atoms with Crippen LogP contribution >= 0.6 is 27.5 Å². The zero-order valence-electron chi connectivity index (χ0n) is 6.96. The third-order valence-electron chi connectivity index (χ3n) is 1.71. The zero-order valence-corrected chi connectivity index (χ0v) is 9.30. The molecule has 1 aromatic carbocycles. The Morgan fingerprint density at radius 2 is 2.21 bits per heavy atom. The molecule has 0 saturated heterocycles. The van der Waals surface area contributed by atoms with Gasteiger partial charge in [-0.05, 0) is 28.1 Å². The molecule has 0 fully saturated rings. The van der Waals surface area contributed by atoms with Crippen LogP contribution in [0.2, 0.25) is 5.02 Å². The third-order valence-corrected chi connectivity index (χ3v) is 3.01. The summed E-state index contributed by atoms with van der Waals surface area (Å²) in [5.41, 5.74) is 6.16. The van der Waals surface area contributed by atoms with E-state index in [1.54, 1.807) is 0 Å². The molecule has 0 aliphatic rings. The number of H-pyrrole nitrogens is 1. The van der Waals surface area contributed by atoms with Crippen molar-refractivity contribution < 1.29 is 0 Å². The van der Waals surface area contributed by atoms with Crippen molar-refractivity contribution in [2.75, 3.05) is 5.73 Å². The van der Waals surface area contributed by atoms with Gasteiger partial charge in [0.15, 0.2) is 5.82 Å². The highest BCUT2D eigenvalue weighted by Gasteiger charge is 2.09. The molecule has 2 aromatic rings. The number of nitrogens with two attached hydrogens (primary N) is 1. The molecule has 1 aromatic heterocycles. The van der Waals surface area contributed by atoms with Crippen molar-refractivity contribution >= 4 is 33.5 Å². The molecule has 0 saturated carbocycles. The molecule has 0 aliphatic heterocycles. The Morgan fingerprint density at radius 1 is 1.43 bits per heavy atom. The van der Waals surface area contributed by atoms with E-state index in [-0.39, 0.29) is 5.95 Å². The molecule has 4 nitrogen and oxygen atoms in total. The summed E-state index contributed by atoms with van der Waals surface area (Å²) in [5.74, 6) is 0.768. The molecule has 6 heteroatoms. The van der Waals surface area contributed by atoms with Crippen LogP contribution in [-0.2, 0) is 0 Å². The van der Waals surface area contributed by atoms with E-state index in [1.165, 1.54) is 0 Å². The van der Waals surface area contributed by atoms with Gasteiger partial charge in [-0.3, -0.25) is 5.10 Å². The lowest BCUT2D eigenvalue weighted by molar-refractivity contribution is 1.10. The van der Waals surface area contributed by atoms with E-state index in [2.05, 4.69) is 31.1 Å². The number of rotatable bonds is 1. The monoisotopic (exact) mass is 272 g/mol. The molecular weight excluding hydrogens is 267 g/mol. The van der Waals surface area contributed by atoms with Crippen molar-refractivity contribution in [3.05, 3.63) is 27.7 Å². The molecule has 1 heterocycles. The van der Waals surface area contributed by atoms with Gasteiger partial charge in [-0.2, -0.15) is 4.98 Å². The van der Waals surface area contributed by atoms with Gasteiger partial charge in [0, 0.05) is 10.0 Å². The summed E-state index contributed by atoms with van der Waals surface area (Å²) in [5, 5.41) is 7.02. The molecule has 14 heavy (non-hydrogen) atoms. The van der Waals surface area contributed by atoms with E-state index in [1.807, 2.05) is 18.2 Å². The smallest absolute Gasteiger partial charge is 0.239 e. The minimum atomic E-state index is 0.205. The molecule has 2 rings (SSSR count). The Morgan fingerprint density at radius 3 is 2.86 bits per heavy atom. The van der Waals surface area contributed by atoms with E-state index in [0.717, 1.165) is 10.0 Å². The fourth-order valence-electron chi connectivity index (χ4n) is 1.08. The molecule has 0 bridgehead atoms. The van der Waals surface area contributed by atoms with Crippen molar-refractivity contribution in [2.45, 2.75) is 0 Å². The van der Waals surface area contributed by atoms with Crippen LogP contribution in [-0.4, -0.2) is 15.2 Å². The number of nitrogens with one attached hydrogen (secondary N) is 1. The van der Waals surface area contributed by atoms with Crippen LogP contribution in [0, 0.1) is 0 Å². The standard InChI is InChI=1S/C8H6BrClN4/c9-5-3-1-2-4(6(5)10)7-12-8(11)14-13-7/h1-3H,(H3,11,12,13,14). The molecule has 0 radical (unpaired) electrons. The second-order valence-corrected chi connectivity index (χ2v) is 3.88. The lowest BCUT2D eigenvalue weighted by atomic mass is 10.2. The summed E-state index contributed by atoms with van der Waals surface area (Å²) < 4.78 is 0.812. The van der Waals surface area contributed by atoms with E-state index < -0.39 is 0 Å². The molecule has 0 unspecified atom stereocenters. The first-order valence-electron chi connectivity index (χ1n) is 3.81. The zero-order chi connectivity index (χ0) is 10.1. The highest BCUT2D eigenvalue weighted by atomic mass is 79.9. The Hall–Kier alpha value is -1.07. The molecule has 0 aliphatic carbocycles. The fourth-order valence-corrected chi connectivity index (χ4v) is 1.66. The molecule has 0 spiro atoms. The number of hydrogen-bond donors (Lipinski definition) is 2. The third kappa shape index (κ3) is 1.60. The summed E-state index contributed by atoms with van der Waals surface area (Å²) in [6, 6.07) is 5.56. The van der Waals surface area contributed by atoms with Gasteiger partial charge in [-0.25, -0.2) is 0 Å². The van der Waals surface area contributed by atoms with Gasteiger partial charge >= 0.3 is 0 Å². The lowest BCUT2D eigenvalue weighted by Gasteiger charge is -2.00. The Balaban J connectivity index is 2.57. The first-order chi connectivity index (χ1) is 6.68. The molecule has 3 N–H and O–H groups in total. The SMILES string of the molecule is Nc1n[nH]c(-c2cccc(Br)c2Cl)n1. The maximum Gasteiger partial charge on any atom is 0.239 e. The van der Waals surface area contributed by atoms with Gasteiger partial charge in [0.1, 0.15) is 0 Å². The van der Waals surface area contributed by atoms with Gasteiger partial charge in [-0.1, -0.05) is 17.7 Å². The highest BCUT2D eigenvalue weighted by Crippen LogP contribution is 2.31. The number of halogens is 2. The van der Waals surface area contributed by atoms with Crippen molar-refractivity contribution in [3.8, 4) is 11.4 Å². The lowest BCUT2D eigenvalue weighted by Crippen LogP contribution is -1.86. The summed E-state index contributed by atoms with van der Waals surface area (Å²) in [7, 11) is 0. The van der Waals surface area contributed by atoms with Crippen LogP contribution in [0.25, 0.3) is 11.4 Å². The number of nitrogen functional groups attached to an aromatic ring is 1. The largest absolute Gasteiger partial charge is 0.366 e. The topological polar surface area (TPSA) is 67.6 Å². The average molecular weight is 274 g/mol. The summed E-state index contributed by atoms with van der Waals surface area (Å²) >= 11 is 9.39. The second-order valence-electron chi connectivity index (χ2n) is 2.64. The number of benzene rings is 1. The number of anilines is 1. The minimum Gasteiger partial charge on any atom is -0.366 e. The van der Waals surface area contributed by atoms with E-state index in [0.29, 0.717) is 10.8 Å². The Kier molecular flexibility index (Phi) is 2.43. The number of aromatic amines is 1. The van der Waals surface area contributed by atoms with Gasteiger partial charge in [-0.15, -0.1) is 5.10 Å². The van der Waals surface area contributed by atoms with Crippen LogP contribution in [0.1, 0.15) is 0 Å². The predicted octanol–water partition coefficient (Wildman–Crippen LogP) is 2.47. The maximum absolute atomic E-state index is 6.06. The van der Waals surface area contributed by atoms with Crippen LogP contribution in [0.4, 0.5) is 5.95 Å². The van der Waals surface area contributed by atoms with E-state index in [9.17, 15) is 0 Å². The van der Waals surface area contributed by atoms with E-state index in [4.69, 9.17) is 17.3 Å². The van der Waals surface area contributed by atoms with Crippen LogP contribution < -0.4 is 5.73 Å². The minimum absolute atomic E-state index is 0.205. The van der Waals surface area contributed by atoms with Crippen LogP contribution in [0.5, 0.6) is 0 Å². The number of hydrogen-bond acceptors (Lipinski definition) is 3. The molecule has 0 amide bonds. The summed E-state index contributed by atoms with van der Waals surface area (Å²) in [4.78, 5) is 3.99. The highest BCUT2D eigenvalue weighted by molar-refractivity contribution is 9.10. The number of nitrogens with zero attached hydrogens (tertiary/aromatic N) is 2. The van der Waals surface area contributed by atoms with Gasteiger partial charge < -0.3 is 5.73 Å². The number of aromatic nitrogens is 3. The molecular formula is C8H6BrClN4. The first kappa shape index (κ1) is 9.48. The summed E-state index contributed by atoms with van der Waals surface area (Å²) in [6.07, 6.45) is 0. The molecule has 0 atom stereocenters. The molecule has 72 valence electrons. The van der Waals surface area contributed by atoms with Crippen molar-refractivity contribution in [1.29, 1.82) is 0 Å². The maximum atomic E-state index is 6.06. The van der Waals surface area contributed by atoms with Gasteiger partial charge in [0.25, 0.3) is 0 Å². The van der Waals surface area contributed by atoms with Crippen molar-refractivity contribution in [2.24, 2.45) is 0 Å². The van der Waals surface area contributed by atoms with Gasteiger partial charge in [0.05, 0.1) is 5.02 Å². The Labute approximate surface area is 93.6 Å². The predicted molar refractivity (Wildman–Crippen MR) is 58.9 cm³/mol. The van der Waals surface area contributed by atoms with Gasteiger partial charge in [0.2, 0.25) is 5.95 Å². The first-order valence-corrected chi connectivity index (χ1v) is 4.98.